The number of carbonyl (C=O) groups excluding carboxylic acids is 2. The number of hydrogen-bond acceptors (Lipinski definition) is 5. The van der Waals surface area contributed by atoms with Crippen molar-refractivity contribution in [1.29, 1.82) is 0 Å². The lowest BCUT2D eigenvalue weighted by Crippen LogP contribution is -2.34. The van der Waals surface area contributed by atoms with Crippen LogP contribution in [0.4, 0.5) is 0 Å². The van der Waals surface area contributed by atoms with Gasteiger partial charge in [-0.05, 0) is 42.7 Å². The van der Waals surface area contributed by atoms with Gasteiger partial charge in [0.2, 0.25) is 0 Å². The van der Waals surface area contributed by atoms with Gasteiger partial charge in [0, 0.05) is 26.0 Å². The zero-order valence-electron chi connectivity index (χ0n) is 15.8. The molecule has 1 aliphatic heterocycles. The first-order chi connectivity index (χ1) is 12.9. The van der Waals surface area contributed by atoms with Crippen LogP contribution in [0.5, 0.6) is 0 Å². The standard InChI is InChI=1S/C21H23N3O3/c1-14-4-5-17(15(2)12-14)18-19(23(3)10-11-25)21(27)24(20(18)26)13-16-6-8-22-9-7-16/h4-9,12,25H,10-11,13H2,1-3H3. The fourth-order valence-electron chi connectivity index (χ4n) is 3.33. The van der Waals surface area contributed by atoms with Crippen LogP contribution in [0.15, 0.2) is 48.4 Å². The summed E-state index contributed by atoms with van der Waals surface area (Å²) in [6.45, 7) is 4.27. The van der Waals surface area contributed by atoms with Gasteiger partial charge in [-0.1, -0.05) is 23.8 Å². The van der Waals surface area contributed by atoms with Crippen molar-refractivity contribution in [3.05, 3.63) is 70.7 Å². The van der Waals surface area contributed by atoms with Gasteiger partial charge in [0.1, 0.15) is 5.70 Å². The summed E-state index contributed by atoms with van der Waals surface area (Å²) in [5.41, 5.74) is 4.32. The van der Waals surface area contributed by atoms with E-state index in [1.807, 2.05) is 32.0 Å². The molecule has 1 N–H and O–H groups in total. The number of aromatic nitrogens is 1. The van der Waals surface area contributed by atoms with Gasteiger partial charge in [-0.15, -0.1) is 0 Å². The zero-order valence-corrected chi connectivity index (χ0v) is 15.8. The first kappa shape index (κ1) is 18.8. The van der Waals surface area contributed by atoms with Crippen molar-refractivity contribution >= 4 is 17.4 Å². The average Bonchev–Trinajstić information content (AvgIpc) is 2.88. The highest BCUT2D eigenvalue weighted by Gasteiger charge is 2.41. The molecular weight excluding hydrogens is 342 g/mol. The van der Waals surface area contributed by atoms with Gasteiger partial charge in [-0.2, -0.15) is 0 Å². The second-order valence-corrected chi connectivity index (χ2v) is 6.74. The number of hydrogen-bond donors (Lipinski definition) is 1. The molecule has 2 heterocycles. The number of aryl methyl sites for hydroxylation is 2. The molecule has 6 nitrogen and oxygen atoms in total. The number of aliphatic hydroxyl groups is 1. The molecule has 6 heteroatoms. The Morgan fingerprint density at radius 3 is 2.41 bits per heavy atom. The first-order valence-corrected chi connectivity index (χ1v) is 8.83. The molecule has 0 unspecified atom stereocenters. The normalized spacial score (nSPS) is 14.3. The molecule has 1 aromatic heterocycles. The van der Waals surface area contributed by atoms with Gasteiger partial charge in [0.05, 0.1) is 18.7 Å². The maximum absolute atomic E-state index is 13.2. The summed E-state index contributed by atoms with van der Waals surface area (Å²) in [6.07, 6.45) is 3.27. The number of imide groups is 1. The highest BCUT2D eigenvalue weighted by Crippen LogP contribution is 2.33. The molecule has 3 rings (SSSR count). The number of benzene rings is 1. The Balaban J connectivity index is 2.07. The second-order valence-electron chi connectivity index (χ2n) is 6.74. The van der Waals surface area contributed by atoms with E-state index in [0.29, 0.717) is 11.3 Å². The first-order valence-electron chi connectivity index (χ1n) is 8.83. The SMILES string of the molecule is Cc1ccc(C2=C(N(C)CCO)C(=O)N(Cc3ccncc3)C2=O)c(C)c1. The average molecular weight is 365 g/mol. The molecular formula is C21H23N3O3. The molecule has 0 radical (unpaired) electrons. The summed E-state index contributed by atoms with van der Waals surface area (Å²) in [7, 11) is 1.72. The van der Waals surface area contributed by atoms with E-state index in [-0.39, 0.29) is 31.5 Å². The lowest BCUT2D eigenvalue weighted by molar-refractivity contribution is -0.138. The van der Waals surface area contributed by atoms with Crippen LogP contribution in [0.2, 0.25) is 0 Å². The molecule has 0 fully saturated rings. The maximum atomic E-state index is 13.2. The Morgan fingerprint density at radius 2 is 1.78 bits per heavy atom. The van der Waals surface area contributed by atoms with E-state index in [9.17, 15) is 14.7 Å². The fourth-order valence-corrected chi connectivity index (χ4v) is 3.33. The molecule has 0 saturated carbocycles. The van der Waals surface area contributed by atoms with E-state index in [1.165, 1.54) is 4.90 Å². The highest BCUT2D eigenvalue weighted by atomic mass is 16.3. The van der Waals surface area contributed by atoms with Crippen molar-refractivity contribution in [2.24, 2.45) is 0 Å². The number of likely N-dealkylation sites (N-methyl/N-ethyl adjacent to an activating group) is 1. The number of aliphatic hydroxyl groups excluding tert-OH is 1. The lowest BCUT2D eigenvalue weighted by atomic mass is 9.97. The summed E-state index contributed by atoms with van der Waals surface area (Å²) < 4.78 is 0. The quantitative estimate of drug-likeness (QED) is 0.792. The van der Waals surface area contributed by atoms with E-state index in [2.05, 4.69) is 4.98 Å². The number of nitrogens with zero attached hydrogens (tertiary/aromatic N) is 3. The van der Waals surface area contributed by atoms with Crippen LogP contribution >= 0.6 is 0 Å². The molecule has 0 bridgehead atoms. The fraction of sp³-hybridized carbons (Fsp3) is 0.286. The topological polar surface area (TPSA) is 73.7 Å². The monoisotopic (exact) mass is 365 g/mol. The largest absolute Gasteiger partial charge is 0.395 e. The molecule has 27 heavy (non-hydrogen) atoms. The van der Waals surface area contributed by atoms with Crippen LogP contribution in [-0.4, -0.2) is 51.9 Å². The van der Waals surface area contributed by atoms with E-state index in [4.69, 9.17) is 0 Å². The number of pyridine rings is 1. The third-order valence-electron chi connectivity index (χ3n) is 4.70. The maximum Gasteiger partial charge on any atom is 0.278 e. The van der Waals surface area contributed by atoms with Gasteiger partial charge in [-0.3, -0.25) is 19.5 Å². The molecule has 2 aromatic rings. The Kier molecular flexibility index (Phi) is 5.37. The number of carbonyl (C=O) groups is 2. The van der Waals surface area contributed by atoms with Crippen molar-refractivity contribution < 1.29 is 14.7 Å². The van der Waals surface area contributed by atoms with Crippen LogP contribution in [0.25, 0.3) is 5.57 Å². The Hall–Kier alpha value is -2.99. The molecule has 2 amide bonds. The van der Waals surface area contributed by atoms with E-state index >= 15 is 0 Å². The minimum Gasteiger partial charge on any atom is -0.395 e. The van der Waals surface area contributed by atoms with Gasteiger partial charge < -0.3 is 10.0 Å². The third-order valence-corrected chi connectivity index (χ3v) is 4.70. The van der Waals surface area contributed by atoms with Crippen LogP contribution in [-0.2, 0) is 16.1 Å². The molecule has 1 aliphatic rings. The van der Waals surface area contributed by atoms with Crippen molar-refractivity contribution in [1.82, 2.24) is 14.8 Å². The Labute approximate surface area is 158 Å². The van der Waals surface area contributed by atoms with Crippen molar-refractivity contribution in [3.8, 4) is 0 Å². The zero-order chi connectivity index (χ0) is 19.6. The summed E-state index contributed by atoms with van der Waals surface area (Å²) in [6, 6.07) is 9.38. The van der Waals surface area contributed by atoms with Gasteiger partial charge in [0.15, 0.2) is 0 Å². The molecule has 0 atom stereocenters. The van der Waals surface area contributed by atoms with Crippen molar-refractivity contribution in [2.45, 2.75) is 20.4 Å². The summed E-state index contributed by atoms with van der Waals surface area (Å²) in [5, 5.41) is 9.32. The second kappa shape index (κ2) is 7.72. The van der Waals surface area contributed by atoms with E-state index < -0.39 is 0 Å². The predicted octanol–water partition coefficient (Wildman–Crippen LogP) is 1.90. The summed E-state index contributed by atoms with van der Waals surface area (Å²) in [5.74, 6) is -0.661. The van der Waals surface area contributed by atoms with Gasteiger partial charge >= 0.3 is 0 Å². The smallest absolute Gasteiger partial charge is 0.278 e. The van der Waals surface area contributed by atoms with Gasteiger partial charge in [-0.25, -0.2) is 0 Å². The lowest BCUT2D eigenvalue weighted by Gasteiger charge is -2.20. The van der Waals surface area contributed by atoms with E-state index in [1.54, 1.807) is 36.5 Å². The van der Waals surface area contributed by atoms with E-state index in [0.717, 1.165) is 22.3 Å². The number of amides is 2. The summed E-state index contributed by atoms with van der Waals surface area (Å²) >= 11 is 0. The highest BCUT2D eigenvalue weighted by molar-refractivity contribution is 6.35. The van der Waals surface area contributed by atoms with Crippen LogP contribution in [0, 0.1) is 13.8 Å². The number of rotatable bonds is 6. The van der Waals surface area contributed by atoms with Crippen LogP contribution in [0.1, 0.15) is 22.3 Å². The van der Waals surface area contributed by atoms with Crippen molar-refractivity contribution in [2.75, 3.05) is 20.2 Å². The van der Waals surface area contributed by atoms with Crippen LogP contribution in [0.3, 0.4) is 0 Å². The predicted molar refractivity (Wildman–Crippen MR) is 102 cm³/mol. The Morgan fingerprint density at radius 1 is 1.07 bits per heavy atom. The molecule has 1 aromatic carbocycles. The molecule has 140 valence electrons. The van der Waals surface area contributed by atoms with Gasteiger partial charge in [0.25, 0.3) is 11.8 Å². The minimum atomic E-state index is -0.345. The van der Waals surface area contributed by atoms with Crippen molar-refractivity contribution in [3.63, 3.8) is 0 Å². The minimum absolute atomic E-state index is 0.105. The molecule has 0 spiro atoms. The van der Waals surface area contributed by atoms with Crippen LogP contribution < -0.4 is 0 Å². The molecule has 0 aliphatic carbocycles. The Bertz CT molecular complexity index is 906. The molecule has 0 saturated heterocycles. The summed E-state index contributed by atoms with van der Waals surface area (Å²) in [4.78, 5) is 33.2. The third kappa shape index (κ3) is 3.61.